The number of unbranched alkanes of at least 4 members (excludes halogenated alkanes) is 1. The summed E-state index contributed by atoms with van der Waals surface area (Å²) in [5.74, 6) is -0.118. The second kappa shape index (κ2) is 6.89. The number of carbonyl (C=O) groups is 1. The molecule has 0 saturated heterocycles. The van der Waals surface area contributed by atoms with E-state index in [0.717, 1.165) is 32.1 Å². The van der Waals surface area contributed by atoms with E-state index in [4.69, 9.17) is 0 Å². The molecule has 1 aromatic carbocycles. The first-order chi connectivity index (χ1) is 9.61. The molecule has 1 saturated carbocycles. The summed E-state index contributed by atoms with van der Waals surface area (Å²) in [5.41, 5.74) is 2.77. The Morgan fingerprint density at radius 2 is 2.10 bits per heavy atom. The van der Waals surface area contributed by atoms with Crippen LogP contribution >= 0.6 is 0 Å². The fraction of sp³-hybridized carbons (Fsp3) is 0.588. The number of rotatable bonds is 7. The first-order valence-electron chi connectivity index (χ1n) is 7.66. The molecule has 3 nitrogen and oxygen atoms in total. The van der Waals surface area contributed by atoms with Gasteiger partial charge in [-0.25, -0.2) is 0 Å². The summed E-state index contributed by atoms with van der Waals surface area (Å²) in [5, 5.41) is 12.5. The maximum Gasteiger partial charge on any atom is 0.320 e. The van der Waals surface area contributed by atoms with Crippen LogP contribution in [0.1, 0.15) is 56.1 Å². The lowest BCUT2D eigenvalue weighted by Gasteiger charge is -2.38. The van der Waals surface area contributed by atoms with E-state index in [1.165, 1.54) is 11.1 Å². The average Bonchev–Trinajstić information content (AvgIpc) is 2.37. The largest absolute Gasteiger partial charge is 0.480 e. The van der Waals surface area contributed by atoms with E-state index < -0.39 is 5.97 Å². The van der Waals surface area contributed by atoms with Crippen LogP contribution in [0.2, 0.25) is 0 Å². The molecule has 1 aromatic rings. The van der Waals surface area contributed by atoms with Gasteiger partial charge in [0.2, 0.25) is 0 Å². The predicted molar refractivity (Wildman–Crippen MR) is 81.0 cm³/mol. The molecular formula is C17H25NO2. The van der Waals surface area contributed by atoms with E-state index >= 15 is 0 Å². The van der Waals surface area contributed by atoms with Crippen molar-refractivity contribution in [1.29, 1.82) is 0 Å². The third-order valence-electron chi connectivity index (χ3n) is 4.35. The van der Waals surface area contributed by atoms with Crippen molar-refractivity contribution < 1.29 is 9.90 Å². The minimum atomic E-state index is -0.710. The molecule has 0 radical (unpaired) electrons. The Morgan fingerprint density at radius 3 is 2.70 bits per heavy atom. The van der Waals surface area contributed by atoms with Crippen molar-refractivity contribution in [3.63, 3.8) is 0 Å². The number of aryl methyl sites for hydroxylation is 1. The van der Waals surface area contributed by atoms with Crippen LogP contribution in [0.25, 0.3) is 0 Å². The number of hydrogen-bond donors (Lipinski definition) is 2. The van der Waals surface area contributed by atoms with Crippen molar-refractivity contribution in [2.75, 3.05) is 0 Å². The summed E-state index contributed by atoms with van der Waals surface area (Å²) in [6, 6.07) is 8.48. The summed E-state index contributed by atoms with van der Waals surface area (Å²) >= 11 is 0. The van der Waals surface area contributed by atoms with Gasteiger partial charge in [-0.15, -0.1) is 0 Å². The van der Waals surface area contributed by atoms with Crippen molar-refractivity contribution in [2.45, 2.75) is 64.0 Å². The van der Waals surface area contributed by atoms with Crippen LogP contribution in [-0.2, 0) is 4.79 Å². The zero-order chi connectivity index (χ0) is 14.5. The van der Waals surface area contributed by atoms with E-state index in [1.54, 1.807) is 0 Å². The highest BCUT2D eigenvalue weighted by atomic mass is 16.4. The van der Waals surface area contributed by atoms with Gasteiger partial charge >= 0.3 is 5.97 Å². The van der Waals surface area contributed by atoms with Gasteiger partial charge in [0.05, 0.1) is 0 Å². The van der Waals surface area contributed by atoms with Gasteiger partial charge in [0, 0.05) is 6.04 Å². The smallest absolute Gasteiger partial charge is 0.320 e. The lowest BCUT2D eigenvalue weighted by molar-refractivity contribution is -0.140. The molecule has 1 unspecified atom stereocenters. The Hall–Kier alpha value is -1.35. The zero-order valence-corrected chi connectivity index (χ0v) is 12.4. The summed E-state index contributed by atoms with van der Waals surface area (Å²) in [7, 11) is 0. The van der Waals surface area contributed by atoms with Crippen molar-refractivity contribution in [3.8, 4) is 0 Å². The Labute approximate surface area is 121 Å². The van der Waals surface area contributed by atoms with Crippen LogP contribution < -0.4 is 5.32 Å². The quantitative estimate of drug-likeness (QED) is 0.801. The molecule has 0 spiro atoms. The predicted octanol–water partition coefficient (Wildman–Crippen LogP) is 3.47. The molecule has 1 fully saturated rings. The maximum atomic E-state index is 11.2. The number of aliphatic carboxylic acids is 1. The van der Waals surface area contributed by atoms with Gasteiger partial charge in [0.1, 0.15) is 6.04 Å². The summed E-state index contributed by atoms with van der Waals surface area (Å²) < 4.78 is 0. The van der Waals surface area contributed by atoms with E-state index in [-0.39, 0.29) is 6.04 Å². The van der Waals surface area contributed by atoms with Gasteiger partial charge in [0.25, 0.3) is 0 Å². The van der Waals surface area contributed by atoms with Crippen LogP contribution in [0.3, 0.4) is 0 Å². The molecule has 1 aliphatic carbocycles. The lowest BCUT2D eigenvalue weighted by Crippen LogP contribution is -2.48. The van der Waals surface area contributed by atoms with Crippen molar-refractivity contribution >= 4 is 5.97 Å². The minimum absolute atomic E-state index is 0.359. The molecule has 0 bridgehead atoms. The molecule has 0 aromatic heterocycles. The highest BCUT2D eigenvalue weighted by Crippen LogP contribution is 2.38. The summed E-state index contributed by atoms with van der Waals surface area (Å²) in [6.45, 7) is 4.24. The number of benzene rings is 1. The van der Waals surface area contributed by atoms with E-state index in [9.17, 15) is 9.90 Å². The van der Waals surface area contributed by atoms with Crippen LogP contribution in [0, 0.1) is 6.92 Å². The SMILES string of the molecule is CCCCC(NC1CC(c2ccccc2C)C1)C(=O)O. The minimum Gasteiger partial charge on any atom is -0.480 e. The van der Waals surface area contributed by atoms with Gasteiger partial charge in [-0.3, -0.25) is 4.79 Å². The van der Waals surface area contributed by atoms with Gasteiger partial charge in [-0.1, -0.05) is 44.0 Å². The van der Waals surface area contributed by atoms with Gasteiger partial charge in [0.15, 0.2) is 0 Å². The number of carboxylic acids is 1. The number of hydrogen-bond acceptors (Lipinski definition) is 2. The van der Waals surface area contributed by atoms with Crippen LogP contribution in [0.4, 0.5) is 0 Å². The van der Waals surface area contributed by atoms with Crippen molar-refractivity contribution in [3.05, 3.63) is 35.4 Å². The van der Waals surface area contributed by atoms with Crippen LogP contribution in [-0.4, -0.2) is 23.2 Å². The molecule has 110 valence electrons. The highest BCUT2D eigenvalue weighted by Gasteiger charge is 2.33. The highest BCUT2D eigenvalue weighted by molar-refractivity contribution is 5.73. The maximum absolute atomic E-state index is 11.2. The standard InChI is InChI=1S/C17H25NO2/c1-3-4-9-16(17(19)20)18-14-10-13(11-14)15-8-6-5-7-12(15)2/h5-8,13-14,16,18H,3-4,9-11H2,1-2H3,(H,19,20). The molecule has 0 heterocycles. The van der Waals surface area contributed by atoms with E-state index in [2.05, 4.69) is 43.4 Å². The summed E-state index contributed by atoms with van der Waals surface area (Å²) in [6.07, 6.45) is 4.86. The van der Waals surface area contributed by atoms with Crippen LogP contribution in [0.15, 0.2) is 24.3 Å². The molecule has 0 amide bonds. The molecule has 20 heavy (non-hydrogen) atoms. The summed E-state index contributed by atoms with van der Waals surface area (Å²) in [4.78, 5) is 11.2. The molecule has 1 aliphatic rings. The Kier molecular flexibility index (Phi) is 5.18. The fourth-order valence-corrected chi connectivity index (χ4v) is 3.02. The average molecular weight is 275 g/mol. The van der Waals surface area contributed by atoms with Crippen molar-refractivity contribution in [1.82, 2.24) is 5.32 Å². The van der Waals surface area contributed by atoms with Crippen molar-refractivity contribution in [2.24, 2.45) is 0 Å². The monoisotopic (exact) mass is 275 g/mol. The Bertz CT molecular complexity index is 452. The third kappa shape index (κ3) is 3.60. The molecule has 2 rings (SSSR count). The second-order valence-corrected chi connectivity index (χ2v) is 5.92. The third-order valence-corrected chi connectivity index (χ3v) is 4.35. The Morgan fingerprint density at radius 1 is 1.40 bits per heavy atom. The number of nitrogens with one attached hydrogen (secondary N) is 1. The normalized spacial score (nSPS) is 23.1. The van der Waals surface area contributed by atoms with Gasteiger partial charge in [-0.05, 0) is 43.2 Å². The fourth-order valence-electron chi connectivity index (χ4n) is 3.02. The topological polar surface area (TPSA) is 49.3 Å². The lowest BCUT2D eigenvalue weighted by atomic mass is 9.74. The first-order valence-corrected chi connectivity index (χ1v) is 7.66. The van der Waals surface area contributed by atoms with Crippen LogP contribution in [0.5, 0.6) is 0 Å². The van der Waals surface area contributed by atoms with E-state index in [0.29, 0.717) is 12.0 Å². The van der Waals surface area contributed by atoms with Gasteiger partial charge in [-0.2, -0.15) is 0 Å². The van der Waals surface area contributed by atoms with E-state index in [1.807, 2.05) is 0 Å². The molecule has 1 atom stereocenters. The zero-order valence-electron chi connectivity index (χ0n) is 12.4. The molecule has 2 N–H and O–H groups in total. The second-order valence-electron chi connectivity index (χ2n) is 5.92. The first kappa shape index (κ1) is 15.0. The molecule has 0 aliphatic heterocycles. The Balaban J connectivity index is 1.84. The molecular weight excluding hydrogens is 250 g/mol. The number of carboxylic acid groups (broad SMARTS) is 1. The van der Waals surface area contributed by atoms with Gasteiger partial charge < -0.3 is 10.4 Å². The molecule has 3 heteroatoms.